The first-order valence-corrected chi connectivity index (χ1v) is 5.12. The van der Waals surface area contributed by atoms with Crippen LogP contribution in [0.2, 0.25) is 0 Å². The summed E-state index contributed by atoms with van der Waals surface area (Å²) in [6, 6.07) is 9.09. The van der Waals surface area contributed by atoms with E-state index in [1.165, 1.54) is 24.3 Å². The largest absolute Gasteiger partial charge is 0.465 e. The molecule has 2 rings (SSSR count). The molecule has 0 saturated heterocycles. The first kappa shape index (κ1) is 12.0. The van der Waals surface area contributed by atoms with Crippen molar-refractivity contribution in [1.29, 1.82) is 0 Å². The van der Waals surface area contributed by atoms with Gasteiger partial charge < -0.3 is 5.11 Å². The summed E-state index contributed by atoms with van der Waals surface area (Å²) in [5.74, 6) is -0.997. The molecule has 18 heavy (non-hydrogen) atoms. The Labute approximate surface area is 102 Å². The van der Waals surface area contributed by atoms with E-state index in [-0.39, 0.29) is 11.3 Å². The molecular formula is C13H9F2NO2. The van der Waals surface area contributed by atoms with Crippen LogP contribution in [-0.4, -0.2) is 11.2 Å². The lowest BCUT2D eigenvalue weighted by Crippen LogP contribution is -2.08. The molecule has 0 saturated carbocycles. The minimum atomic E-state index is -1.26. The number of halogens is 2. The number of amides is 1. The Kier molecular flexibility index (Phi) is 3.23. The summed E-state index contributed by atoms with van der Waals surface area (Å²) in [5, 5.41) is 10.8. The van der Waals surface area contributed by atoms with E-state index in [2.05, 4.69) is 5.32 Å². The molecule has 0 radical (unpaired) electrons. The third kappa shape index (κ3) is 2.63. The highest BCUT2D eigenvalue weighted by atomic mass is 19.1. The van der Waals surface area contributed by atoms with Crippen molar-refractivity contribution in [1.82, 2.24) is 0 Å². The fourth-order valence-corrected chi connectivity index (χ4v) is 1.64. The Morgan fingerprint density at radius 3 is 2.44 bits per heavy atom. The second kappa shape index (κ2) is 4.83. The number of hydrogen-bond acceptors (Lipinski definition) is 1. The Hall–Kier alpha value is -2.43. The number of anilines is 1. The van der Waals surface area contributed by atoms with E-state index in [4.69, 9.17) is 5.11 Å². The molecule has 0 aliphatic rings. The van der Waals surface area contributed by atoms with E-state index in [9.17, 15) is 13.6 Å². The molecule has 92 valence electrons. The Morgan fingerprint density at radius 2 is 1.78 bits per heavy atom. The third-order valence-corrected chi connectivity index (χ3v) is 2.36. The van der Waals surface area contributed by atoms with Gasteiger partial charge in [0, 0.05) is 5.56 Å². The molecule has 0 fully saturated rings. The average molecular weight is 249 g/mol. The van der Waals surface area contributed by atoms with Crippen LogP contribution in [0.15, 0.2) is 42.5 Å². The zero-order valence-corrected chi connectivity index (χ0v) is 9.15. The maximum atomic E-state index is 13.2. The van der Waals surface area contributed by atoms with Crippen LogP contribution >= 0.6 is 0 Å². The molecule has 0 aromatic heterocycles. The van der Waals surface area contributed by atoms with Gasteiger partial charge in [-0.3, -0.25) is 5.32 Å². The minimum absolute atomic E-state index is 0.203. The van der Waals surface area contributed by atoms with Crippen molar-refractivity contribution in [3.63, 3.8) is 0 Å². The van der Waals surface area contributed by atoms with Gasteiger partial charge in [-0.05, 0) is 35.9 Å². The highest BCUT2D eigenvalue weighted by Gasteiger charge is 2.09. The summed E-state index contributed by atoms with van der Waals surface area (Å²) in [6.07, 6.45) is -1.26. The molecule has 0 atom stereocenters. The molecule has 2 aromatic carbocycles. The number of benzene rings is 2. The molecule has 0 aliphatic heterocycles. The van der Waals surface area contributed by atoms with Crippen molar-refractivity contribution in [2.45, 2.75) is 0 Å². The van der Waals surface area contributed by atoms with Crippen molar-refractivity contribution in [3.8, 4) is 11.1 Å². The molecule has 1 amide bonds. The van der Waals surface area contributed by atoms with E-state index < -0.39 is 17.7 Å². The van der Waals surface area contributed by atoms with Crippen molar-refractivity contribution >= 4 is 11.8 Å². The van der Waals surface area contributed by atoms with Crippen LogP contribution in [0.1, 0.15) is 0 Å². The zero-order valence-electron chi connectivity index (χ0n) is 9.15. The van der Waals surface area contributed by atoms with Crippen LogP contribution in [0.25, 0.3) is 11.1 Å². The SMILES string of the molecule is O=C(O)Nc1ccc(F)cc1-c1cccc(F)c1. The molecular weight excluding hydrogens is 240 g/mol. The quantitative estimate of drug-likeness (QED) is 0.852. The summed E-state index contributed by atoms with van der Waals surface area (Å²) >= 11 is 0. The van der Waals surface area contributed by atoms with E-state index in [0.717, 1.165) is 12.1 Å². The smallest absolute Gasteiger partial charge is 0.409 e. The zero-order chi connectivity index (χ0) is 13.1. The molecule has 0 heterocycles. The van der Waals surface area contributed by atoms with Crippen molar-refractivity contribution in [3.05, 3.63) is 54.1 Å². The van der Waals surface area contributed by atoms with Gasteiger partial charge in [0.25, 0.3) is 0 Å². The summed E-state index contributed by atoms with van der Waals surface area (Å²) in [4.78, 5) is 10.6. The lowest BCUT2D eigenvalue weighted by Gasteiger charge is -2.09. The predicted octanol–water partition coefficient (Wildman–Crippen LogP) is 3.72. The van der Waals surface area contributed by atoms with Crippen LogP contribution in [0, 0.1) is 11.6 Å². The van der Waals surface area contributed by atoms with Crippen LogP contribution in [-0.2, 0) is 0 Å². The van der Waals surface area contributed by atoms with E-state index >= 15 is 0 Å². The van der Waals surface area contributed by atoms with Gasteiger partial charge in [0.15, 0.2) is 0 Å². The fraction of sp³-hybridized carbons (Fsp3) is 0. The van der Waals surface area contributed by atoms with Gasteiger partial charge in [-0.15, -0.1) is 0 Å². The van der Waals surface area contributed by atoms with Gasteiger partial charge in [-0.25, -0.2) is 13.6 Å². The lowest BCUT2D eigenvalue weighted by atomic mass is 10.0. The molecule has 0 spiro atoms. The van der Waals surface area contributed by atoms with Crippen molar-refractivity contribution < 1.29 is 18.7 Å². The summed E-state index contributed by atoms with van der Waals surface area (Å²) in [5.41, 5.74) is 0.893. The van der Waals surface area contributed by atoms with E-state index in [0.29, 0.717) is 5.56 Å². The monoisotopic (exact) mass is 249 g/mol. The second-order valence-electron chi connectivity index (χ2n) is 3.63. The van der Waals surface area contributed by atoms with Gasteiger partial charge in [-0.2, -0.15) is 0 Å². The minimum Gasteiger partial charge on any atom is -0.465 e. The Bertz CT molecular complexity index is 599. The van der Waals surface area contributed by atoms with Gasteiger partial charge in [0.2, 0.25) is 0 Å². The Balaban J connectivity index is 2.54. The highest BCUT2D eigenvalue weighted by Crippen LogP contribution is 2.29. The maximum absolute atomic E-state index is 13.2. The molecule has 2 aromatic rings. The lowest BCUT2D eigenvalue weighted by molar-refractivity contribution is 0.210. The fourth-order valence-electron chi connectivity index (χ4n) is 1.64. The third-order valence-electron chi connectivity index (χ3n) is 2.36. The molecule has 3 nitrogen and oxygen atoms in total. The summed E-state index contributed by atoms with van der Waals surface area (Å²) < 4.78 is 26.3. The number of carboxylic acid groups (broad SMARTS) is 1. The molecule has 2 N–H and O–H groups in total. The molecule has 5 heteroatoms. The number of rotatable bonds is 2. The highest BCUT2D eigenvalue weighted by molar-refractivity contribution is 5.90. The van der Waals surface area contributed by atoms with Gasteiger partial charge >= 0.3 is 6.09 Å². The van der Waals surface area contributed by atoms with E-state index in [1.807, 2.05) is 0 Å². The summed E-state index contributed by atoms with van der Waals surface area (Å²) in [7, 11) is 0. The van der Waals surface area contributed by atoms with Gasteiger partial charge in [-0.1, -0.05) is 12.1 Å². The first-order chi connectivity index (χ1) is 8.56. The first-order valence-electron chi connectivity index (χ1n) is 5.12. The second-order valence-corrected chi connectivity index (χ2v) is 3.63. The Morgan fingerprint density at radius 1 is 1.06 bits per heavy atom. The number of hydrogen-bond donors (Lipinski definition) is 2. The maximum Gasteiger partial charge on any atom is 0.409 e. The van der Waals surface area contributed by atoms with Crippen molar-refractivity contribution in [2.75, 3.05) is 5.32 Å². The number of carbonyl (C=O) groups is 1. The van der Waals surface area contributed by atoms with Crippen LogP contribution in [0.3, 0.4) is 0 Å². The van der Waals surface area contributed by atoms with Crippen LogP contribution in [0.4, 0.5) is 19.3 Å². The van der Waals surface area contributed by atoms with Crippen LogP contribution in [0.5, 0.6) is 0 Å². The normalized spacial score (nSPS) is 10.1. The van der Waals surface area contributed by atoms with Crippen LogP contribution < -0.4 is 5.32 Å². The van der Waals surface area contributed by atoms with E-state index in [1.54, 1.807) is 6.07 Å². The molecule has 0 bridgehead atoms. The molecule has 0 aliphatic carbocycles. The van der Waals surface area contributed by atoms with Gasteiger partial charge in [0.05, 0.1) is 5.69 Å². The topological polar surface area (TPSA) is 49.3 Å². The number of nitrogens with one attached hydrogen (secondary N) is 1. The van der Waals surface area contributed by atoms with Crippen molar-refractivity contribution in [2.24, 2.45) is 0 Å². The standard InChI is InChI=1S/C13H9F2NO2/c14-9-3-1-2-8(6-9)11-7-10(15)4-5-12(11)16-13(17)18/h1-7,16H,(H,17,18). The summed E-state index contributed by atoms with van der Waals surface area (Å²) in [6.45, 7) is 0. The predicted molar refractivity (Wildman–Crippen MR) is 63.4 cm³/mol. The molecule has 0 unspecified atom stereocenters. The van der Waals surface area contributed by atoms with Gasteiger partial charge in [0.1, 0.15) is 11.6 Å². The average Bonchev–Trinajstić information content (AvgIpc) is 2.31.